The lowest BCUT2D eigenvalue weighted by Gasteiger charge is -2.29. The van der Waals surface area contributed by atoms with Crippen molar-refractivity contribution in [2.75, 3.05) is 51.5 Å². The summed E-state index contributed by atoms with van der Waals surface area (Å²) in [7, 11) is 1.72. The highest BCUT2D eigenvalue weighted by Gasteiger charge is 2.13. The third-order valence-electron chi connectivity index (χ3n) is 3.18. The fraction of sp³-hybridized carbons (Fsp3) is 0.571. The van der Waals surface area contributed by atoms with Crippen LogP contribution in [-0.4, -0.2) is 46.6 Å². The predicted octanol–water partition coefficient (Wildman–Crippen LogP) is 2.02. The van der Waals surface area contributed by atoms with E-state index in [1.807, 2.05) is 0 Å². The molecular formula is C14H21BrN2O2. The number of anilines is 1. The van der Waals surface area contributed by atoms with Crippen molar-refractivity contribution in [1.29, 1.82) is 0 Å². The summed E-state index contributed by atoms with van der Waals surface area (Å²) in [5.74, 6) is 0. The van der Waals surface area contributed by atoms with Gasteiger partial charge in [-0.05, 0) is 33.6 Å². The summed E-state index contributed by atoms with van der Waals surface area (Å²) in [5, 5.41) is 3.35. The van der Waals surface area contributed by atoms with Crippen LogP contribution in [0.4, 0.5) is 5.69 Å². The Labute approximate surface area is 123 Å². The van der Waals surface area contributed by atoms with Crippen molar-refractivity contribution < 1.29 is 9.47 Å². The lowest BCUT2D eigenvalue weighted by molar-refractivity contribution is 0.122. The number of nitrogens with zero attached hydrogens (tertiary/aromatic N) is 1. The molecule has 0 radical (unpaired) electrons. The standard InChI is InChI=1S/C14H21BrN2O2/c1-18-7-4-16-11-12-2-3-14(13(15)10-12)17-5-8-19-9-6-17/h2-3,10,16H,4-9,11H2,1H3. The van der Waals surface area contributed by atoms with Crippen LogP contribution in [0.15, 0.2) is 22.7 Å². The van der Waals surface area contributed by atoms with Crippen LogP contribution < -0.4 is 10.2 Å². The first kappa shape index (κ1) is 14.8. The molecular weight excluding hydrogens is 308 g/mol. The maximum atomic E-state index is 5.38. The average molecular weight is 329 g/mol. The van der Waals surface area contributed by atoms with Crippen molar-refractivity contribution in [1.82, 2.24) is 5.32 Å². The molecule has 5 heteroatoms. The van der Waals surface area contributed by atoms with Crippen molar-refractivity contribution in [3.8, 4) is 0 Å². The molecule has 19 heavy (non-hydrogen) atoms. The van der Waals surface area contributed by atoms with Gasteiger partial charge in [-0.1, -0.05) is 6.07 Å². The van der Waals surface area contributed by atoms with Crippen molar-refractivity contribution in [2.45, 2.75) is 6.54 Å². The molecule has 0 unspecified atom stereocenters. The summed E-state index contributed by atoms with van der Waals surface area (Å²) in [6.45, 7) is 6.03. The Morgan fingerprint density at radius 2 is 2.16 bits per heavy atom. The van der Waals surface area contributed by atoms with Crippen LogP contribution in [0, 0.1) is 0 Å². The molecule has 2 rings (SSSR count). The van der Waals surface area contributed by atoms with Crippen molar-refractivity contribution in [3.63, 3.8) is 0 Å². The van der Waals surface area contributed by atoms with Gasteiger partial charge in [0.25, 0.3) is 0 Å². The number of benzene rings is 1. The molecule has 0 saturated carbocycles. The molecule has 1 aliphatic rings. The molecule has 1 fully saturated rings. The molecule has 0 atom stereocenters. The Kier molecular flexibility index (Phi) is 6.10. The van der Waals surface area contributed by atoms with Gasteiger partial charge in [0.15, 0.2) is 0 Å². The average Bonchev–Trinajstić information content (AvgIpc) is 2.45. The zero-order valence-corrected chi connectivity index (χ0v) is 12.9. The number of hydrogen-bond donors (Lipinski definition) is 1. The quantitative estimate of drug-likeness (QED) is 0.810. The second-order valence-corrected chi connectivity index (χ2v) is 5.41. The van der Waals surface area contributed by atoms with Crippen LogP contribution in [0.3, 0.4) is 0 Å². The van der Waals surface area contributed by atoms with E-state index < -0.39 is 0 Å². The van der Waals surface area contributed by atoms with Crippen LogP contribution in [-0.2, 0) is 16.0 Å². The van der Waals surface area contributed by atoms with E-state index in [0.29, 0.717) is 0 Å². The van der Waals surface area contributed by atoms with Gasteiger partial charge in [0.05, 0.1) is 25.5 Å². The Morgan fingerprint density at radius 1 is 1.37 bits per heavy atom. The van der Waals surface area contributed by atoms with Crippen LogP contribution >= 0.6 is 15.9 Å². The third kappa shape index (κ3) is 4.45. The Hall–Kier alpha value is -0.620. The maximum Gasteiger partial charge on any atom is 0.0642 e. The van der Waals surface area contributed by atoms with Crippen LogP contribution in [0.25, 0.3) is 0 Å². The zero-order chi connectivity index (χ0) is 13.5. The van der Waals surface area contributed by atoms with Gasteiger partial charge in [-0.25, -0.2) is 0 Å². The Bertz CT molecular complexity index is 395. The fourth-order valence-corrected chi connectivity index (χ4v) is 2.81. The second-order valence-electron chi connectivity index (χ2n) is 4.55. The Balaban J connectivity index is 1.92. The molecule has 0 aromatic heterocycles. The summed E-state index contributed by atoms with van der Waals surface area (Å²) in [6.07, 6.45) is 0. The van der Waals surface area contributed by atoms with Gasteiger partial charge in [-0.2, -0.15) is 0 Å². The van der Waals surface area contributed by atoms with Gasteiger partial charge in [0.2, 0.25) is 0 Å². The molecule has 106 valence electrons. The minimum absolute atomic E-state index is 0.743. The van der Waals surface area contributed by atoms with E-state index in [0.717, 1.165) is 50.5 Å². The lowest BCUT2D eigenvalue weighted by Crippen LogP contribution is -2.36. The summed E-state index contributed by atoms with van der Waals surface area (Å²) in [6, 6.07) is 6.54. The van der Waals surface area contributed by atoms with Crippen molar-refractivity contribution >= 4 is 21.6 Å². The van der Waals surface area contributed by atoms with Gasteiger partial charge in [0.1, 0.15) is 0 Å². The zero-order valence-electron chi connectivity index (χ0n) is 11.3. The number of rotatable bonds is 6. The largest absolute Gasteiger partial charge is 0.383 e. The highest BCUT2D eigenvalue weighted by Crippen LogP contribution is 2.28. The summed E-state index contributed by atoms with van der Waals surface area (Å²) >= 11 is 3.67. The van der Waals surface area contributed by atoms with Gasteiger partial charge in [-0.3, -0.25) is 0 Å². The summed E-state index contributed by atoms with van der Waals surface area (Å²) < 4.78 is 11.5. The molecule has 0 spiro atoms. The lowest BCUT2D eigenvalue weighted by atomic mass is 10.2. The molecule has 1 N–H and O–H groups in total. The minimum Gasteiger partial charge on any atom is -0.383 e. The summed E-state index contributed by atoms with van der Waals surface area (Å²) in [4.78, 5) is 2.36. The maximum absolute atomic E-state index is 5.38. The van der Waals surface area contributed by atoms with Crippen molar-refractivity contribution in [3.05, 3.63) is 28.2 Å². The first-order valence-corrected chi connectivity index (χ1v) is 7.41. The molecule has 0 amide bonds. The van der Waals surface area contributed by atoms with E-state index in [9.17, 15) is 0 Å². The first-order chi connectivity index (χ1) is 9.31. The number of methoxy groups -OCH3 is 1. The molecule has 1 aliphatic heterocycles. The number of ether oxygens (including phenoxy) is 2. The molecule has 1 aromatic carbocycles. The Morgan fingerprint density at radius 3 is 2.84 bits per heavy atom. The highest BCUT2D eigenvalue weighted by molar-refractivity contribution is 9.10. The van der Waals surface area contributed by atoms with E-state index in [2.05, 4.69) is 44.3 Å². The molecule has 1 saturated heterocycles. The predicted molar refractivity (Wildman–Crippen MR) is 80.8 cm³/mol. The molecule has 0 bridgehead atoms. The summed E-state index contributed by atoms with van der Waals surface area (Å²) in [5.41, 5.74) is 2.53. The normalized spacial score (nSPS) is 15.8. The molecule has 1 aromatic rings. The van der Waals surface area contributed by atoms with Crippen LogP contribution in [0.2, 0.25) is 0 Å². The van der Waals surface area contributed by atoms with Crippen LogP contribution in [0.5, 0.6) is 0 Å². The highest BCUT2D eigenvalue weighted by atomic mass is 79.9. The number of halogens is 1. The monoisotopic (exact) mass is 328 g/mol. The molecule has 1 heterocycles. The SMILES string of the molecule is COCCNCc1ccc(N2CCOCC2)c(Br)c1. The number of hydrogen-bond acceptors (Lipinski definition) is 4. The van der Waals surface area contributed by atoms with E-state index in [-0.39, 0.29) is 0 Å². The second kappa shape index (κ2) is 7.85. The smallest absolute Gasteiger partial charge is 0.0642 e. The van der Waals surface area contributed by atoms with Gasteiger partial charge in [0, 0.05) is 37.8 Å². The van der Waals surface area contributed by atoms with E-state index in [1.165, 1.54) is 11.3 Å². The van der Waals surface area contributed by atoms with E-state index in [4.69, 9.17) is 9.47 Å². The minimum atomic E-state index is 0.743. The third-order valence-corrected chi connectivity index (χ3v) is 3.81. The van der Waals surface area contributed by atoms with Crippen LogP contribution in [0.1, 0.15) is 5.56 Å². The first-order valence-electron chi connectivity index (χ1n) is 6.62. The van der Waals surface area contributed by atoms with Gasteiger partial charge < -0.3 is 19.7 Å². The molecule has 0 aliphatic carbocycles. The van der Waals surface area contributed by atoms with Gasteiger partial charge >= 0.3 is 0 Å². The molecule has 4 nitrogen and oxygen atoms in total. The van der Waals surface area contributed by atoms with Crippen molar-refractivity contribution in [2.24, 2.45) is 0 Å². The van der Waals surface area contributed by atoms with E-state index in [1.54, 1.807) is 7.11 Å². The topological polar surface area (TPSA) is 33.7 Å². The van der Waals surface area contributed by atoms with E-state index >= 15 is 0 Å². The number of morpholine rings is 1. The van der Waals surface area contributed by atoms with Gasteiger partial charge in [-0.15, -0.1) is 0 Å². The number of nitrogens with one attached hydrogen (secondary N) is 1. The fourth-order valence-electron chi connectivity index (χ4n) is 2.13.